The number of hydrogen-bond acceptors (Lipinski definition) is 5. The highest BCUT2D eigenvalue weighted by atomic mass is 32.2. The maximum Gasteiger partial charge on any atom is 0.305 e. The molecule has 0 atom stereocenters. The number of nitrogen functional groups attached to an aromatic ring is 1. The van der Waals surface area contributed by atoms with E-state index in [1.165, 1.54) is 7.11 Å². The number of esters is 1. The van der Waals surface area contributed by atoms with Crippen LogP contribution in [0.4, 0.5) is 20.2 Å². The lowest BCUT2D eigenvalue weighted by atomic mass is 10.2. The second-order valence-corrected chi connectivity index (χ2v) is 5.77. The van der Waals surface area contributed by atoms with Gasteiger partial charge in [-0.3, -0.25) is 9.52 Å². The van der Waals surface area contributed by atoms with Crippen molar-refractivity contribution in [3.05, 3.63) is 23.8 Å². The standard InChI is InChI=1S/C11H14F2N2O4S/c1-19-9(16)3-2-6-20(17,18)15-11-8(14)5-4-7(12)10(11)13/h4-5,15H,2-3,6,14H2,1H3. The van der Waals surface area contributed by atoms with Crippen LogP contribution in [0.25, 0.3) is 0 Å². The Balaban J connectivity index is 2.77. The van der Waals surface area contributed by atoms with E-state index >= 15 is 0 Å². The number of nitrogens with two attached hydrogens (primary N) is 1. The van der Waals surface area contributed by atoms with E-state index in [1.54, 1.807) is 0 Å². The summed E-state index contributed by atoms with van der Waals surface area (Å²) in [6, 6.07) is 1.84. The molecule has 6 nitrogen and oxygen atoms in total. The molecule has 0 aliphatic rings. The minimum atomic E-state index is -3.94. The summed E-state index contributed by atoms with van der Waals surface area (Å²) in [4.78, 5) is 10.8. The van der Waals surface area contributed by atoms with Crippen LogP contribution in [0.15, 0.2) is 12.1 Å². The summed E-state index contributed by atoms with van der Waals surface area (Å²) in [5.74, 6) is -3.60. The number of benzene rings is 1. The van der Waals surface area contributed by atoms with Gasteiger partial charge < -0.3 is 10.5 Å². The van der Waals surface area contributed by atoms with Gasteiger partial charge in [0.15, 0.2) is 11.6 Å². The summed E-state index contributed by atoms with van der Waals surface area (Å²) in [6.07, 6.45) is -0.114. The normalized spacial score (nSPS) is 11.2. The first-order valence-corrected chi connectivity index (χ1v) is 7.23. The van der Waals surface area contributed by atoms with E-state index in [0.717, 1.165) is 12.1 Å². The van der Waals surface area contributed by atoms with Crippen molar-refractivity contribution in [2.24, 2.45) is 0 Å². The zero-order valence-electron chi connectivity index (χ0n) is 10.7. The fraction of sp³-hybridized carbons (Fsp3) is 0.364. The molecular weight excluding hydrogens is 294 g/mol. The molecule has 0 heterocycles. The van der Waals surface area contributed by atoms with E-state index in [-0.39, 0.29) is 18.5 Å². The molecule has 0 bridgehead atoms. The number of carbonyl (C=O) groups is 1. The second-order valence-electron chi connectivity index (χ2n) is 3.93. The van der Waals surface area contributed by atoms with Crippen molar-refractivity contribution >= 4 is 27.4 Å². The Morgan fingerprint density at radius 3 is 2.65 bits per heavy atom. The van der Waals surface area contributed by atoms with Gasteiger partial charge in [-0.15, -0.1) is 0 Å². The molecule has 0 radical (unpaired) electrons. The monoisotopic (exact) mass is 308 g/mol. The van der Waals surface area contributed by atoms with Gasteiger partial charge in [-0.2, -0.15) is 0 Å². The first-order valence-electron chi connectivity index (χ1n) is 5.57. The molecule has 0 fully saturated rings. The average molecular weight is 308 g/mol. The molecular formula is C11H14F2N2O4S. The molecule has 9 heteroatoms. The smallest absolute Gasteiger partial charge is 0.305 e. The predicted octanol–water partition coefficient (Wildman–Crippen LogP) is 1.24. The topological polar surface area (TPSA) is 98.5 Å². The van der Waals surface area contributed by atoms with Crippen LogP contribution in [0.1, 0.15) is 12.8 Å². The molecule has 0 aliphatic heterocycles. The Hall–Kier alpha value is -1.90. The van der Waals surface area contributed by atoms with Crippen molar-refractivity contribution in [3.8, 4) is 0 Å². The van der Waals surface area contributed by atoms with Crippen molar-refractivity contribution in [1.82, 2.24) is 0 Å². The van der Waals surface area contributed by atoms with Gasteiger partial charge in [-0.25, -0.2) is 17.2 Å². The molecule has 0 saturated heterocycles. The lowest BCUT2D eigenvalue weighted by molar-refractivity contribution is -0.140. The number of halogens is 2. The van der Waals surface area contributed by atoms with Gasteiger partial charge in [-0.1, -0.05) is 0 Å². The van der Waals surface area contributed by atoms with Crippen LogP contribution < -0.4 is 10.5 Å². The quantitative estimate of drug-likeness (QED) is 0.608. The number of carbonyl (C=O) groups excluding carboxylic acids is 1. The van der Waals surface area contributed by atoms with Crippen LogP contribution in [-0.4, -0.2) is 27.2 Å². The highest BCUT2D eigenvalue weighted by Gasteiger charge is 2.18. The first-order chi connectivity index (χ1) is 9.26. The van der Waals surface area contributed by atoms with E-state index in [1.807, 2.05) is 4.72 Å². The molecule has 112 valence electrons. The van der Waals surface area contributed by atoms with E-state index in [0.29, 0.717) is 0 Å². The zero-order valence-corrected chi connectivity index (χ0v) is 11.5. The lowest BCUT2D eigenvalue weighted by Crippen LogP contribution is -2.19. The molecule has 0 spiro atoms. The summed E-state index contributed by atoms with van der Waals surface area (Å²) in [7, 11) is -2.77. The Labute approximate surface area is 115 Å². The fourth-order valence-electron chi connectivity index (χ4n) is 1.38. The Morgan fingerprint density at radius 1 is 1.40 bits per heavy atom. The van der Waals surface area contributed by atoms with E-state index in [4.69, 9.17) is 5.73 Å². The minimum absolute atomic E-state index is 0.0150. The van der Waals surface area contributed by atoms with Crippen molar-refractivity contribution in [3.63, 3.8) is 0 Å². The van der Waals surface area contributed by atoms with Gasteiger partial charge in [0.1, 0.15) is 5.69 Å². The van der Waals surface area contributed by atoms with Crippen LogP contribution in [0.5, 0.6) is 0 Å². The number of rotatable bonds is 6. The third-order valence-electron chi connectivity index (χ3n) is 2.41. The molecule has 1 aromatic rings. The van der Waals surface area contributed by atoms with Gasteiger partial charge in [0.05, 0.1) is 18.6 Å². The number of ether oxygens (including phenoxy) is 1. The molecule has 1 aromatic carbocycles. The summed E-state index contributed by atoms with van der Waals surface area (Å²) in [5, 5.41) is 0. The van der Waals surface area contributed by atoms with Crippen molar-refractivity contribution in [2.45, 2.75) is 12.8 Å². The molecule has 0 amide bonds. The number of methoxy groups -OCH3 is 1. The van der Waals surface area contributed by atoms with Gasteiger partial charge in [0.25, 0.3) is 0 Å². The van der Waals surface area contributed by atoms with Crippen LogP contribution in [0.2, 0.25) is 0 Å². The summed E-state index contributed by atoms with van der Waals surface area (Å²) in [5.41, 5.74) is 4.52. The SMILES string of the molecule is COC(=O)CCCS(=O)(=O)Nc1c(N)ccc(F)c1F. The van der Waals surface area contributed by atoms with Crippen LogP contribution in [-0.2, 0) is 19.6 Å². The number of sulfonamides is 1. The zero-order chi connectivity index (χ0) is 15.3. The Bertz CT molecular complexity index is 605. The summed E-state index contributed by atoms with van der Waals surface area (Å²) in [6.45, 7) is 0. The Kier molecular flexibility index (Phi) is 5.26. The van der Waals surface area contributed by atoms with E-state index in [2.05, 4.69) is 4.74 Å². The molecule has 0 aliphatic carbocycles. The average Bonchev–Trinajstić information content (AvgIpc) is 2.39. The molecule has 1 rings (SSSR count). The van der Waals surface area contributed by atoms with Gasteiger partial charge in [-0.05, 0) is 18.6 Å². The third kappa shape index (κ3) is 4.34. The number of nitrogens with one attached hydrogen (secondary N) is 1. The van der Waals surface area contributed by atoms with Crippen LogP contribution in [0, 0.1) is 11.6 Å². The Morgan fingerprint density at radius 2 is 2.05 bits per heavy atom. The molecule has 0 aromatic heterocycles. The highest BCUT2D eigenvalue weighted by Crippen LogP contribution is 2.25. The van der Waals surface area contributed by atoms with Crippen LogP contribution >= 0.6 is 0 Å². The predicted molar refractivity (Wildman–Crippen MR) is 69.4 cm³/mol. The van der Waals surface area contributed by atoms with Gasteiger partial charge in [0, 0.05) is 6.42 Å². The van der Waals surface area contributed by atoms with E-state index < -0.39 is 39.1 Å². The van der Waals surface area contributed by atoms with E-state index in [9.17, 15) is 22.0 Å². The molecule has 0 saturated carbocycles. The first kappa shape index (κ1) is 16.2. The maximum absolute atomic E-state index is 13.4. The summed E-state index contributed by atoms with van der Waals surface area (Å²) < 4.78 is 56.0. The lowest BCUT2D eigenvalue weighted by Gasteiger charge is -2.11. The number of hydrogen-bond donors (Lipinski definition) is 2. The third-order valence-corrected chi connectivity index (χ3v) is 3.75. The second kappa shape index (κ2) is 6.51. The van der Waals surface area contributed by atoms with Gasteiger partial charge >= 0.3 is 5.97 Å². The maximum atomic E-state index is 13.4. The molecule has 20 heavy (non-hydrogen) atoms. The van der Waals surface area contributed by atoms with Crippen molar-refractivity contribution in [1.29, 1.82) is 0 Å². The van der Waals surface area contributed by atoms with Gasteiger partial charge in [0.2, 0.25) is 10.0 Å². The number of anilines is 2. The highest BCUT2D eigenvalue weighted by molar-refractivity contribution is 7.92. The molecule has 0 unspecified atom stereocenters. The van der Waals surface area contributed by atoms with Crippen molar-refractivity contribution in [2.75, 3.05) is 23.3 Å². The largest absolute Gasteiger partial charge is 0.469 e. The fourth-order valence-corrected chi connectivity index (χ4v) is 2.53. The summed E-state index contributed by atoms with van der Waals surface area (Å²) >= 11 is 0. The van der Waals surface area contributed by atoms with Crippen molar-refractivity contribution < 1.29 is 26.7 Å². The molecule has 3 N–H and O–H groups in total. The van der Waals surface area contributed by atoms with Crippen LogP contribution in [0.3, 0.4) is 0 Å². The minimum Gasteiger partial charge on any atom is -0.469 e.